The zero-order valence-electron chi connectivity index (χ0n) is 18.5. The number of carboxylic acid groups (broad SMARTS) is 2. The molecule has 1 aromatic carbocycles. The van der Waals surface area contributed by atoms with Crippen LogP contribution in [0.25, 0.3) is 0 Å². The number of hydrogen-bond acceptors (Lipinski definition) is 7. The predicted molar refractivity (Wildman–Crippen MR) is 113 cm³/mol. The van der Waals surface area contributed by atoms with Gasteiger partial charge in [-0.2, -0.15) is 13.2 Å². The highest BCUT2D eigenvalue weighted by atomic mass is 19.4. The summed E-state index contributed by atoms with van der Waals surface area (Å²) in [7, 11) is 1.94. The van der Waals surface area contributed by atoms with E-state index in [-0.39, 0.29) is 17.7 Å². The van der Waals surface area contributed by atoms with Gasteiger partial charge in [0.15, 0.2) is 0 Å². The van der Waals surface area contributed by atoms with Crippen LogP contribution < -0.4 is 14.8 Å². The Morgan fingerprint density at radius 3 is 2.29 bits per heavy atom. The molecule has 188 valence electrons. The third-order valence-corrected chi connectivity index (χ3v) is 5.12. The predicted octanol–water partition coefficient (Wildman–Crippen LogP) is 3.23. The molecule has 0 amide bonds. The summed E-state index contributed by atoms with van der Waals surface area (Å²) in [5.41, 5.74) is 1.21. The Hall–Kier alpha value is -3.35. The smallest absolute Gasteiger partial charge is 0.490 e. The molecule has 0 saturated heterocycles. The lowest BCUT2D eigenvalue weighted by Crippen LogP contribution is -2.24. The van der Waals surface area contributed by atoms with Crippen molar-refractivity contribution in [2.24, 2.45) is 0 Å². The molecule has 10 nitrogen and oxygen atoms in total. The average molecular weight is 488 g/mol. The molecule has 0 spiro atoms. The quantitative estimate of drug-likeness (QED) is 0.391. The van der Waals surface area contributed by atoms with Crippen molar-refractivity contribution in [2.45, 2.75) is 50.3 Å². The van der Waals surface area contributed by atoms with E-state index in [1.165, 1.54) is 5.56 Å². The summed E-state index contributed by atoms with van der Waals surface area (Å²) in [5.74, 6) is -2.41. The first kappa shape index (κ1) is 26.9. The van der Waals surface area contributed by atoms with Crippen molar-refractivity contribution in [3.63, 3.8) is 0 Å². The molecule has 1 aromatic heterocycles. The van der Waals surface area contributed by atoms with Gasteiger partial charge < -0.3 is 25.0 Å². The third kappa shape index (κ3) is 8.54. The van der Waals surface area contributed by atoms with Crippen LogP contribution in [-0.4, -0.2) is 70.0 Å². The molecule has 1 aliphatic carbocycles. The van der Waals surface area contributed by atoms with Crippen LogP contribution in [0.2, 0.25) is 0 Å². The monoisotopic (exact) mass is 488 g/mol. The number of nitrogens with one attached hydrogen (secondary N) is 2. The van der Waals surface area contributed by atoms with Gasteiger partial charge in [0, 0.05) is 0 Å². The molecule has 0 atom stereocenters. The molecule has 13 heteroatoms. The second kappa shape index (κ2) is 12.8. The first-order valence-corrected chi connectivity index (χ1v) is 10.6. The number of aromatic nitrogens is 3. The number of nitrogens with zero attached hydrogens (tertiary/aromatic N) is 2. The molecule has 1 aliphatic rings. The molecule has 0 bridgehead atoms. The van der Waals surface area contributed by atoms with Crippen LogP contribution >= 0.6 is 0 Å². The minimum absolute atomic E-state index is 0.0285. The first-order chi connectivity index (χ1) is 16.1. The second-order valence-electron chi connectivity index (χ2n) is 7.57. The molecular weight excluding hydrogens is 461 g/mol. The van der Waals surface area contributed by atoms with Gasteiger partial charge in [-0.1, -0.05) is 22.4 Å². The van der Waals surface area contributed by atoms with Crippen LogP contribution in [0.5, 0.6) is 11.6 Å². The first-order valence-electron chi connectivity index (χ1n) is 10.6. The number of aromatic amines is 1. The molecule has 1 saturated carbocycles. The maximum atomic E-state index is 11.1. The van der Waals surface area contributed by atoms with Gasteiger partial charge in [-0.3, -0.25) is 0 Å². The van der Waals surface area contributed by atoms with Gasteiger partial charge in [0.2, 0.25) is 5.69 Å². The van der Waals surface area contributed by atoms with Crippen LogP contribution in [0.1, 0.15) is 54.1 Å². The number of aliphatic carboxylic acids is 1. The summed E-state index contributed by atoms with van der Waals surface area (Å²) >= 11 is 0. The number of H-pyrrole nitrogens is 1. The molecule has 0 radical (unpaired) electrons. The lowest BCUT2D eigenvalue weighted by atomic mass is 9.83. The number of halogens is 3. The van der Waals surface area contributed by atoms with Crippen LogP contribution in [0.3, 0.4) is 0 Å². The fourth-order valence-electron chi connectivity index (χ4n) is 3.39. The van der Waals surface area contributed by atoms with Crippen LogP contribution in [0.15, 0.2) is 24.3 Å². The van der Waals surface area contributed by atoms with E-state index in [0.29, 0.717) is 12.5 Å². The van der Waals surface area contributed by atoms with Gasteiger partial charge in [-0.15, -0.1) is 0 Å². The minimum atomic E-state index is -5.08. The van der Waals surface area contributed by atoms with Crippen molar-refractivity contribution >= 4 is 11.9 Å². The minimum Gasteiger partial charge on any atom is -0.494 e. The fourth-order valence-corrected chi connectivity index (χ4v) is 3.39. The maximum Gasteiger partial charge on any atom is 0.490 e. The van der Waals surface area contributed by atoms with Crippen molar-refractivity contribution in [3.05, 3.63) is 35.5 Å². The molecule has 1 heterocycles. The summed E-state index contributed by atoms with van der Waals surface area (Å²) in [4.78, 5) is 20.0. The Labute approximate surface area is 193 Å². The van der Waals surface area contributed by atoms with Crippen molar-refractivity contribution in [2.75, 3.05) is 20.2 Å². The van der Waals surface area contributed by atoms with Gasteiger partial charge in [-0.25, -0.2) is 14.7 Å². The third-order valence-electron chi connectivity index (χ3n) is 5.12. The summed E-state index contributed by atoms with van der Waals surface area (Å²) in [6.45, 7) is 1.66. The zero-order chi connectivity index (χ0) is 25.1. The van der Waals surface area contributed by atoms with E-state index in [1.807, 2.05) is 19.2 Å². The van der Waals surface area contributed by atoms with E-state index in [9.17, 15) is 18.0 Å². The van der Waals surface area contributed by atoms with E-state index in [0.717, 1.165) is 44.4 Å². The van der Waals surface area contributed by atoms with Crippen molar-refractivity contribution in [3.8, 4) is 11.6 Å². The summed E-state index contributed by atoms with van der Waals surface area (Å²) in [5, 5.41) is 28.9. The van der Waals surface area contributed by atoms with Crippen LogP contribution in [0, 0.1) is 0 Å². The maximum absolute atomic E-state index is 11.1. The molecule has 34 heavy (non-hydrogen) atoms. The molecule has 0 aliphatic heterocycles. The Bertz CT molecular complexity index is 912. The number of benzene rings is 1. The Morgan fingerprint density at radius 1 is 1.15 bits per heavy atom. The second-order valence-corrected chi connectivity index (χ2v) is 7.57. The highest BCUT2D eigenvalue weighted by molar-refractivity contribution is 5.87. The van der Waals surface area contributed by atoms with Gasteiger partial charge in [0.25, 0.3) is 5.88 Å². The number of alkyl halides is 3. The van der Waals surface area contributed by atoms with Crippen molar-refractivity contribution in [1.82, 2.24) is 20.7 Å². The number of aromatic carboxylic acids is 1. The Morgan fingerprint density at radius 2 is 1.76 bits per heavy atom. The number of carboxylic acids is 2. The standard InChI is InChI=1S/C19H26N4O4.C2HF3O2/c1-20-11-2-12-26-15-7-3-13(4-8-15)14-5-9-16(10-6-14)27-18-17(19(24)25)21-23-22-18;3-2(4,5)1(6)7/h3-4,7-8,14,16,20H,2,5-6,9-12H2,1H3,(H,24,25)(H,21,22,23);(H,6,7). The Kier molecular flexibility index (Phi) is 10.1. The highest BCUT2D eigenvalue weighted by Crippen LogP contribution is 2.35. The molecule has 0 unspecified atom stereocenters. The van der Waals surface area contributed by atoms with E-state index in [1.54, 1.807) is 0 Å². The summed E-state index contributed by atoms with van der Waals surface area (Å²) < 4.78 is 43.2. The van der Waals surface area contributed by atoms with Crippen LogP contribution in [-0.2, 0) is 4.79 Å². The number of carbonyl (C=O) groups is 2. The number of rotatable bonds is 9. The lowest BCUT2D eigenvalue weighted by Gasteiger charge is -2.28. The zero-order valence-corrected chi connectivity index (χ0v) is 18.5. The van der Waals surface area contributed by atoms with Gasteiger partial charge in [0.05, 0.1) is 6.61 Å². The van der Waals surface area contributed by atoms with Gasteiger partial charge >= 0.3 is 18.1 Å². The molecule has 4 N–H and O–H groups in total. The van der Waals surface area contributed by atoms with Crippen molar-refractivity contribution < 1.29 is 42.4 Å². The van der Waals surface area contributed by atoms with Crippen LogP contribution in [0.4, 0.5) is 13.2 Å². The molecular formula is C21H27F3N4O6. The normalized spacial score (nSPS) is 17.9. The van der Waals surface area contributed by atoms with Gasteiger partial charge in [0.1, 0.15) is 11.9 Å². The van der Waals surface area contributed by atoms with E-state index >= 15 is 0 Å². The molecule has 2 aromatic rings. The number of hydrogen-bond donors (Lipinski definition) is 4. The summed E-state index contributed by atoms with van der Waals surface area (Å²) in [6, 6.07) is 8.34. The fraction of sp³-hybridized carbons (Fsp3) is 0.524. The topological polar surface area (TPSA) is 147 Å². The van der Waals surface area contributed by atoms with E-state index < -0.39 is 18.1 Å². The molecule has 1 fully saturated rings. The lowest BCUT2D eigenvalue weighted by molar-refractivity contribution is -0.192. The average Bonchev–Trinajstić information content (AvgIpc) is 3.26. The number of ether oxygens (including phenoxy) is 2. The summed E-state index contributed by atoms with van der Waals surface area (Å²) in [6.07, 6.45) is -0.422. The molecule has 3 rings (SSSR count). The largest absolute Gasteiger partial charge is 0.494 e. The van der Waals surface area contributed by atoms with Crippen molar-refractivity contribution in [1.29, 1.82) is 0 Å². The van der Waals surface area contributed by atoms with E-state index in [4.69, 9.17) is 24.5 Å². The Balaban J connectivity index is 0.000000509. The SMILES string of the molecule is CNCCCOc1ccc(C2CCC(Oc3nn[nH]c3C(=O)O)CC2)cc1.O=C(O)C(F)(F)F. The highest BCUT2D eigenvalue weighted by Gasteiger charge is 2.38. The van der Waals surface area contributed by atoms with Gasteiger partial charge in [-0.05, 0) is 69.3 Å². The van der Waals surface area contributed by atoms with E-state index in [2.05, 4.69) is 32.9 Å².